The number of phenols is 1. The van der Waals surface area contributed by atoms with E-state index in [0.717, 1.165) is 34.9 Å². The number of benzene rings is 1. The van der Waals surface area contributed by atoms with Gasteiger partial charge in [-0.1, -0.05) is 15.9 Å². The molecule has 0 heterocycles. The lowest BCUT2D eigenvalue weighted by Gasteiger charge is -2.39. The lowest BCUT2D eigenvalue weighted by Crippen LogP contribution is -2.43. The highest BCUT2D eigenvalue weighted by molar-refractivity contribution is 9.10. The van der Waals surface area contributed by atoms with E-state index in [2.05, 4.69) is 15.9 Å². The van der Waals surface area contributed by atoms with Crippen LogP contribution in [0.15, 0.2) is 10.5 Å². The molecule has 3 nitrogen and oxygen atoms in total. The van der Waals surface area contributed by atoms with E-state index in [0.29, 0.717) is 5.75 Å². The maximum absolute atomic E-state index is 10.2. The van der Waals surface area contributed by atoms with Crippen molar-refractivity contribution in [2.24, 2.45) is 5.73 Å². The van der Waals surface area contributed by atoms with Gasteiger partial charge >= 0.3 is 0 Å². The van der Waals surface area contributed by atoms with E-state index in [1.807, 2.05) is 13.0 Å². The predicted molar refractivity (Wildman–Crippen MR) is 66.8 cm³/mol. The van der Waals surface area contributed by atoms with Crippen LogP contribution >= 0.6 is 15.9 Å². The summed E-state index contributed by atoms with van der Waals surface area (Å²) in [7, 11) is 1.56. The van der Waals surface area contributed by atoms with Crippen molar-refractivity contribution >= 4 is 15.9 Å². The van der Waals surface area contributed by atoms with Crippen LogP contribution in [0.25, 0.3) is 0 Å². The molecule has 0 amide bonds. The van der Waals surface area contributed by atoms with E-state index in [9.17, 15) is 5.11 Å². The monoisotopic (exact) mass is 285 g/mol. The lowest BCUT2D eigenvalue weighted by molar-refractivity contribution is 0.242. The van der Waals surface area contributed by atoms with E-state index in [4.69, 9.17) is 10.5 Å². The van der Waals surface area contributed by atoms with Crippen LogP contribution in [0.3, 0.4) is 0 Å². The van der Waals surface area contributed by atoms with Gasteiger partial charge in [0.15, 0.2) is 11.5 Å². The van der Waals surface area contributed by atoms with Crippen molar-refractivity contribution in [3.63, 3.8) is 0 Å². The summed E-state index contributed by atoms with van der Waals surface area (Å²) < 4.78 is 6.15. The lowest BCUT2D eigenvalue weighted by atomic mass is 9.72. The second-order valence-corrected chi connectivity index (χ2v) is 5.28. The molecule has 1 aromatic rings. The van der Waals surface area contributed by atoms with Gasteiger partial charge in [-0.2, -0.15) is 0 Å². The Labute approximate surface area is 104 Å². The zero-order valence-corrected chi connectivity index (χ0v) is 11.1. The molecule has 0 spiro atoms. The van der Waals surface area contributed by atoms with Crippen LogP contribution < -0.4 is 10.5 Å². The molecule has 0 aliphatic heterocycles. The van der Waals surface area contributed by atoms with E-state index in [1.165, 1.54) is 0 Å². The van der Waals surface area contributed by atoms with Gasteiger partial charge in [0, 0.05) is 21.1 Å². The van der Waals surface area contributed by atoms with Crippen molar-refractivity contribution in [2.75, 3.05) is 7.11 Å². The molecule has 1 aromatic carbocycles. The van der Waals surface area contributed by atoms with Gasteiger partial charge < -0.3 is 15.6 Å². The van der Waals surface area contributed by atoms with Crippen molar-refractivity contribution in [1.29, 1.82) is 0 Å². The number of hydrogen-bond donors (Lipinski definition) is 2. The van der Waals surface area contributed by atoms with Crippen LogP contribution in [-0.2, 0) is 5.54 Å². The number of nitrogens with two attached hydrogens (primary N) is 1. The van der Waals surface area contributed by atoms with Crippen LogP contribution in [0, 0.1) is 6.92 Å². The van der Waals surface area contributed by atoms with E-state index in [1.54, 1.807) is 7.11 Å². The zero-order valence-electron chi connectivity index (χ0n) is 9.51. The SMILES string of the molecule is COc1c(C)c(Br)cc(C2(N)CCC2)c1O. The fourth-order valence-corrected chi connectivity index (χ4v) is 2.58. The average Bonchev–Trinajstić information content (AvgIpc) is 2.21. The minimum absolute atomic E-state index is 0.186. The molecule has 0 atom stereocenters. The standard InChI is InChI=1S/C12H16BrNO2/c1-7-9(13)6-8(10(15)11(7)16-2)12(14)4-3-5-12/h6,15H,3-5,14H2,1-2H3. The van der Waals surface area contributed by atoms with Crippen molar-refractivity contribution in [1.82, 2.24) is 0 Å². The number of rotatable bonds is 2. The van der Waals surface area contributed by atoms with Gasteiger partial charge in [0.1, 0.15) is 0 Å². The summed E-state index contributed by atoms with van der Waals surface area (Å²) in [6.07, 6.45) is 2.95. The average molecular weight is 286 g/mol. The van der Waals surface area contributed by atoms with Gasteiger partial charge in [0.25, 0.3) is 0 Å². The van der Waals surface area contributed by atoms with E-state index < -0.39 is 0 Å². The molecule has 0 unspecified atom stereocenters. The quantitative estimate of drug-likeness (QED) is 0.879. The Balaban J connectivity index is 2.58. The first-order chi connectivity index (χ1) is 7.49. The van der Waals surface area contributed by atoms with Crippen LogP contribution in [0.2, 0.25) is 0 Å². The molecule has 1 saturated carbocycles. The molecule has 0 radical (unpaired) electrons. The predicted octanol–water partition coefficient (Wildman–Crippen LogP) is 2.81. The summed E-state index contributed by atoms with van der Waals surface area (Å²) in [5.41, 5.74) is 7.53. The molecule has 3 N–H and O–H groups in total. The maximum Gasteiger partial charge on any atom is 0.164 e. The van der Waals surface area contributed by atoms with Crippen LogP contribution in [0.1, 0.15) is 30.4 Å². The highest BCUT2D eigenvalue weighted by atomic mass is 79.9. The minimum atomic E-state index is -0.381. The fraction of sp³-hybridized carbons (Fsp3) is 0.500. The maximum atomic E-state index is 10.2. The van der Waals surface area contributed by atoms with E-state index >= 15 is 0 Å². The number of phenolic OH excluding ortho intramolecular Hbond substituents is 1. The Morgan fingerprint density at radius 2 is 2.12 bits per heavy atom. The number of aromatic hydroxyl groups is 1. The molecule has 0 aromatic heterocycles. The second-order valence-electron chi connectivity index (χ2n) is 4.42. The highest BCUT2D eigenvalue weighted by Crippen LogP contribution is 2.48. The Morgan fingerprint density at radius 1 is 1.50 bits per heavy atom. The molecular formula is C12H16BrNO2. The third-order valence-corrected chi connectivity index (χ3v) is 4.25. The van der Waals surface area contributed by atoms with Crippen LogP contribution in [-0.4, -0.2) is 12.2 Å². The first-order valence-electron chi connectivity index (χ1n) is 5.35. The van der Waals surface area contributed by atoms with Crippen molar-refractivity contribution in [2.45, 2.75) is 31.7 Å². The first-order valence-corrected chi connectivity index (χ1v) is 6.14. The van der Waals surface area contributed by atoms with Crippen molar-refractivity contribution < 1.29 is 9.84 Å². The Hall–Kier alpha value is -0.740. The van der Waals surface area contributed by atoms with Gasteiger partial charge in [0.05, 0.1) is 7.11 Å². The van der Waals surface area contributed by atoms with Gasteiger partial charge in [0.2, 0.25) is 0 Å². The van der Waals surface area contributed by atoms with Crippen molar-refractivity contribution in [3.05, 3.63) is 21.7 Å². The molecule has 1 aliphatic rings. The summed E-state index contributed by atoms with van der Waals surface area (Å²) in [5, 5.41) is 10.2. The van der Waals surface area contributed by atoms with Crippen LogP contribution in [0.5, 0.6) is 11.5 Å². The summed E-state index contributed by atoms with van der Waals surface area (Å²) in [4.78, 5) is 0. The Kier molecular flexibility index (Phi) is 2.88. The Morgan fingerprint density at radius 3 is 2.56 bits per heavy atom. The highest BCUT2D eigenvalue weighted by Gasteiger charge is 2.38. The van der Waals surface area contributed by atoms with Crippen LogP contribution in [0.4, 0.5) is 0 Å². The molecule has 0 bridgehead atoms. The summed E-state index contributed by atoms with van der Waals surface area (Å²) in [5.74, 6) is 0.700. The minimum Gasteiger partial charge on any atom is -0.504 e. The zero-order chi connectivity index (χ0) is 11.9. The van der Waals surface area contributed by atoms with Gasteiger partial charge in [-0.15, -0.1) is 0 Å². The molecule has 0 saturated heterocycles. The molecule has 88 valence electrons. The van der Waals surface area contributed by atoms with Gasteiger partial charge in [-0.25, -0.2) is 0 Å². The third kappa shape index (κ3) is 1.60. The number of halogens is 1. The fourth-order valence-electron chi connectivity index (χ4n) is 2.17. The van der Waals surface area contributed by atoms with Gasteiger partial charge in [-0.3, -0.25) is 0 Å². The van der Waals surface area contributed by atoms with Crippen molar-refractivity contribution in [3.8, 4) is 11.5 Å². The molecule has 4 heteroatoms. The molecule has 1 aliphatic carbocycles. The second kappa shape index (κ2) is 3.93. The Bertz CT molecular complexity index is 428. The molecular weight excluding hydrogens is 270 g/mol. The smallest absolute Gasteiger partial charge is 0.164 e. The number of hydrogen-bond acceptors (Lipinski definition) is 3. The molecule has 2 rings (SSSR count). The largest absolute Gasteiger partial charge is 0.504 e. The summed E-state index contributed by atoms with van der Waals surface area (Å²) >= 11 is 3.47. The number of methoxy groups -OCH3 is 1. The summed E-state index contributed by atoms with van der Waals surface area (Å²) in [6, 6.07) is 1.91. The number of ether oxygens (including phenoxy) is 1. The topological polar surface area (TPSA) is 55.5 Å². The molecule has 1 fully saturated rings. The normalized spacial score (nSPS) is 18.0. The van der Waals surface area contributed by atoms with Gasteiger partial charge in [-0.05, 0) is 32.3 Å². The van der Waals surface area contributed by atoms with E-state index in [-0.39, 0.29) is 11.3 Å². The first kappa shape index (κ1) is 11.7. The molecule has 16 heavy (non-hydrogen) atoms. The summed E-state index contributed by atoms with van der Waals surface area (Å²) in [6.45, 7) is 1.90. The third-order valence-electron chi connectivity index (χ3n) is 3.43.